The number of hydrogen-bond acceptors (Lipinski definition) is 3. The number of halogens is 1. The first-order valence-electron chi connectivity index (χ1n) is 5.89. The third kappa shape index (κ3) is 3.07. The van der Waals surface area contributed by atoms with E-state index in [9.17, 15) is 5.11 Å². The van der Waals surface area contributed by atoms with Crippen molar-refractivity contribution < 1.29 is 10.2 Å². The van der Waals surface area contributed by atoms with Gasteiger partial charge in [0.1, 0.15) is 0 Å². The molecule has 0 spiro atoms. The van der Waals surface area contributed by atoms with Crippen LogP contribution in [0, 0.1) is 6.92 Å². The lowest BCUT2D eigenvalue weighted by Crippen LogP contribution is -2.38. The molecule has 94 valence electrons. The zero-order valence-electron chi connectivity index (χ0n) is 9.99. The molecule has 17 heavy (non-hydrogen) atoms. The average Bonchev–Trinajstić information content (AvgIpc) is 2.28. The topological polar surface area (TPSA) is 43.7 Å². The number of nitrogens with zero attached hydrogens (tertiary/aromatic N) is 1. The van der Waals surface area contributed by atoms with Crippen LogP contribution in [0.1, 0.15) is 16.7 Å². The van der Waals surface area contributed by atoms with Gasteiger partial charge in [0, 0.05) is 24.1 Å². The number of β-amino-alcohol motifs (C(OH)–C–C–N with tert-alkyl or cyclic N) is 1. The van der Waals surface area contributed by atoms with Gasteiger partial charge in [-0.1, -0.05) is 22.0 Å². The van der Waals surface area contributed by atoms with E-state index >= 15 is 0 Å². The van der Waals surface area contributed by atoms with Crippen LogP contribution >= 0.6 is 15.9 Å². The highest BCUT2D eigenvalue weighted by Crippen LogP contribution is 2.28. The van der Waals surface area contributed by atoms with Gasteiger partial charge in [-0.15, -0.1) is 0 Å². The SMILES string of the molecule is Cc1cc(Br)c2c(c1)CN(CC(O)CO)CC2. The van der Waals surface area contributed by atoms with Crippen molar-refractivity contribution in [2.75, 3.05) is 19.7 Å². The number of fused-ring (bicyclic) bond motifs is 1. The minimum atomic E-state index is -0.634. The first kappa shape index (κ1) is 13.0. The molecule has 1 aromatic carbocycles. The second kappa shape index (κ2) is 5.48. The van der Waals surface area contributed by atoms with Crippen molar-refractivity contribution in [1.29, 1.82) is 0 Å². The summed E-state index contributed by atoms with van der Waals surface area (Å²) in [6.07, 6.45) is 0.360. The maximum absolute atomic E-state index is 9.47. The van der Waals surface area contributed by atoms with Gasteiger partial charge >= 0.3 is 0 Å². The Hall–Kier alpha value is -0.420. The lowest BCUT2D eigenvalue weighted by Gasteiger charge is -2.30. The van der Waals surface area contributed by atoms with Crippen molar-refractivity contribution >= 4 is 15.9 Å². The lowest BCUT2D eigenvalue weighted by atomic mass is 9.97. The number of hydrogen-bond donors (Lipinski definition) is 2. The molecule has 0 saturated heterocycles. The Kier molecular flexibility index (Phi) is 4.20. The summed E-state index contributed by atoms with van der Waals surface area (Å²) in [6, 6.07) is 4.36. The molecule has 1 heterocycles. The average molecular weight is 300 g/mol. The maximum Gasteiger partial charge on any atom is 0.0897 e. The first-order chi connectivity index (χ1) is 8.10. The van der Waals surface area contributed by atoms with E-state index in [1.54, 1.807) is 0 Å². The van der Waals surface area contributed by atoms with Crippen LogP contribution in [0.15, 0.2) is 16.6 Å². The Morgan fingerprint density at radius 3 is 2.94 bits per heavy atom. The van der Waals surface area contributed by atoms with Crippen LogP contribution in [0.4, 0.5) is 0 Å². The van der Waals surface area contributed by atoms with Crippen LogP contribution in [0.5, 0.6) is 0 Å². The summed E-state index contributed by atoms with van der Waals surface area (Å²) >= 11 is 3.61. The monoisotopic (exact) mass is 299 g/mol. The highest BCUT2D eigenvalue weighted by molar-refractivity contribution is 9.10. The zero-order chi connectivity index (χ0) is 12.4. The van der Waals surface area contributed by atoms with Crippen molar-refractivity contribution in [1.82, 2.24) is 4.90 Å². The normalized spacial score (nSPS) is 17.9. The van der Waals surface area contributed by atoms with Gasteiger partial charge in [0.05, 0.1) is 12.7 Å². The summed E-state index contributed by atoms with van der Waals surface area (Å²) in [5, 5.41) is 18.3. The Labute approximate surface area is 110 Å². The summed E-state index contributed by atoms with van der Waals surface area (Å²) < 4.78 is 1.19. The molecule has 1 unspecified atom stereocenters. The van der Waals surface area contributed by atoms with E-state index in [1.807, 2.05) is 0 Å². The first-order valence-corrected chi connectivity index (χ1v) is 6.68. The quantitative estimate of drug-likeness (QED) is 0.888. The van der Waals surface area contributed by atoms with Gasteiger partial charge in [0.15, 0.2) is 0 Å². The molecule has 0 aliphatic carbocycles. The molecule has 1 atom stereocenters. The number of rotatable bonds is 3. The van der Waals surface area contributed by atoms with Crippen LogP contribution in [0.2, 0.25) is 0 Å². The van der Waals surface area contributed by atoms with Crippen molar-refractivity contribution in [3.8, 4) is 0 Å². The predicted octanol–water partition coefficient (Wildman–Crippen LogP) is 1.47. The van der Waals surface area contributed by atoms with Crippen molar-refractivity contribution in [2.45, 2.75) is 26.0 Å². The number of aliphatic hydroxyl groups is 2. The fourth-order valence-corrected chi connectivity index (χ4v) is 3.18. The van der Waals surface area contributed by atoms with Gasteiger partial charge < -0.3 is 10.2 Å². The molecule has 0 fully saturated rings. The molecular formula is C13H18BrNO2. The maximum atomic E-state index is 9.47. The van der Waals surface area contributed by atoms with Crippen molar-refractivity contribution in [3.05, 3.63) is 33.3 Å². The van der Waals surface area contributed by atoms with Gasteiger partial charge in [-0.25, -0.2) is 0 Å². The summed E-state index contributed by atoms with van der Waals surface area (Å²) in [4.78, 5) is 2.19. The standard InChI is InChI=1S/C13H18BrNO2/c1-9-4-10-6-15(7-11(17)8-16)3-2-12(10)13(14)5-9/h4-5,11,16-17H,2-3,6-8H2,1H3. The van der Waals surface area contributed by atoms with E-state index in [-0.39, 0.29) is 6.61 Å². The highest BCUT2D eigenvalue weighted by Gasteiger charge is 2.20. The van der Waals surface area contributed by atoms with Crippen molar-refractivity contribution in [2.24, 2.45) is 0 Å². The lowest BCUT2D eigenvalue weighted by molar-refractivity contribution is 0.0550. The molecule has 1 aromatic rings. The molecule has 1 aliphatic heterocycles. The molecule has 2 rings (SSSR count). The van der Waals surface area contributed by atoms with E-state index in [4.69, 9.17) is 5.11 Å². The molecule has 0 aromatic heterocycles. The molecule has 3 nitrogen and oxygen atoms in total. The number of aliphatic hydroxyl groups excluding tert-OH is 2. The molecule has 4 heteroatoms. The summed E-state index contributed by atoms with van der Waals surface area (Å²) in [6.45, 7) is 4.26. The third-order valence-corrected chi connectivity index (χ3v) is 3.89. The Balaban J connectivity index is 2.13. The van der Waals surface area contributed by atoms with Crippen molar-refractivity contribution in [3.63, 3.8) is 0 Å². The van der Waals surface area contributed by atoms with Gasteiger partial charge in [-0.05, 0) is 36.1 Å². The second-order valence-corrected chi connectivity index (χ2v) is 5.56. The van der Waals surface area contributed by atoms with E-state index in [1.165, 1.54) is 21.2 Å². The fraction of sp³-hybridized carbons (Fsp3) is 0.538. The van der Waals surface area contributed by atoms with Gasteiger partial charge in [-0.3, -0.25) is 4.90 Å². The minimum absolute atomic E-state index is 0.166. The summed E-state index contributed by atoms with van der Waals surface area (Å²) in [5.74, 6) is 0. The Bertz CT molecular complexity index is 409. The molecule has 2 N–H and O–H groups in total. The van der Waals surface area contributed by atoms with E-state index < -0.39 is 6.10 Å². The fourth-order valence-electron chi connectivity index (χ4n) is 2.37. The van der Waals surface area contributed by atoms with E-state index in [0.717, 1.165) is 19.5 Å². The number of benzene rings is 1. The summed E-state index contributed by atoms with van der Waals surface area (Å²) in [5.41, 5.74) is 3.96. The van der Waals surface area contributed by atoms with Crippen LogP contribution < -0.4 is 0 Å². The second-order valence-electron chi connectivity index (χ2n) is 4.71. The summed E-state index contributed by atoms with van der Waals surface area (Å²) in [7, 11) is 0. The number of aryl methyl sites for hydroxylation is 1. The largest absolute Gasteiger partial charge is 0.394 e. The van der Waals surface area contributed by atoms with Gasteiger partial charge in [0.25, 0.3) is 0 Å². The molecule has 0 radical (unpaired) electrons. The molecule has 1 aliphatic rings. The van der Waals surface area contributed by atoms with Gasteiger partial charge in [-0.2, -0.15) is 0 Å². The minimum Gasteiger partial charge on any atom is -0.394 e. The Morgan fingerprint density at radius 2 is 2.24 bits per heavy atom. The van der Waals surface area contributed by atoms with E-state index in [0.29, 0.717) is 6.54 Å². The predicted molar refractivity (Wildman–Crippen MR) is 71.0 cm³/mol. The third-order valence-electron chi connectivity index (χ3n) is 3.18. The Morgan fingerprint density at radius 1 is 1.47 bits per heavy atom. The molecular weight excluding hydrogens is 282 g/mol. The van der Waals surface area contributed by atoms with Crippen LogP contribution in [-0.2, 0) is 13.0 Å². The zero-order valence-corrected chi connectivity index (χ0v) is 11.6. The van der Waals surface area contributed by atoms with Crippen LogP contribution in [-0.4, -0.2) is 40.9 Å². The molecule has 0 saturated carbocycles. The van der Waals surface area contributed by atoms with Crippen LogP contribution in [0.25, 0.3) is 0 Å². The smallest absolute Gasteiger partial charge is 0.0897 e. The molecule has 0 bridgehead atoms. The van der Waals surface area contributed by atoms with Gasteiger partial charge in [0.2, 0.25) is 0 Å². The van der Waals surface area contributed by atoms with E-state index in [2.05, 4.69) is 39.9 Å². The van der Waals surface area contributed by atoms with Crippen LogP contribution in [0.3, 0.4) is 0 Å². The molecule has 0 amide bonds. The highest BCUT2D eigenvalue weighted by atomic mass is 79.9.